The number of methoxy groups -OCH3 is 1. The van der Waals surface area contributed by atoms with Gasteiger partial charge >= 0.3 is 12.1 Å². The van der Waals surface area contributed by atoms with Crippen LogP contribution in [0.1, 0.15) is 33.3 Å². The fourth-order valence-electron chi connectivity index (χ4n) is 4.93. The van der Waals surface area contributed by atoms with Crippen LogP contribution in [-0.2, 0) is 11.2 Å². The summed E-state index contributed by atoms with van der Waals surface area (Å²) in [6.45, 7) is 10.1. The number of aromatic nitrogens is 3. The molecule has 2 aliphatic heterocycles. The van der Waals surface area contributed by atoms with E-state index in [1.165, 1.54) is 0 Å². The highest BCUT2D eigenvalue weighted by atomic mass is 16.6. The summed E-state index contributed by atoms with van der Waals surface area (Å²) in [5, 5.41) is 7.19. The lowest BCUT2D eigenvalue weighted by atomic mass is 10.1. The molecule has 0 aromatic carbocycles. The minimum absolute atomic E-state index is 0.0147. The molecule has 0 radical (unpaired) electrons. The lowest BCUT2D eigenvalue weighted by molar-refractivity contribution is 0.0159. The molecule has 3 aromatic heterocycles. The molecule has 196 valence electrons. The van der Waals surface area contributed by atoms with E-state index in [0.717, 1.165) is 16.8 Å². The van der Waals surface area contributed by atoms with Crippen LogP contribution in [0.25, 0.3) is 5.52 Å². The molecule has 1 N–H and O–H groups in total. The summed E-state index contributed by atoms with van der Waals surface area (Å²) in [4.78, 5) is 36.2. The van der Waals surface area contributed by atoms with Crippen molar-refractivity contribution < 1.29 is 19.1 Å². The van der Waals surface area contributed by atoms with E-state index in [1.54, 1.807) is 40.0 Å². The number of pyridine rings is 2. The molecule has 3 amide bonds. The summed E-state index contributed by atoms with van der Waals surface area (Å²) in [5.74, 6) is 1.17. The van der Waals surface area contributed by atoms with Crippen molar-refractivity contribution in [1.29, 1.82) is 0 Å². The Hall–Kier alpha value is -4.02. The van der Waals surface area contributed by atoms with Crippen LogP contribution in [0.5, 0.6) is 5.75 Å². The molecule has 3 aromatic rings. The second-order valence-corrected chi connectivity index (χ2v) is 10.4. The van der Waals surface area contributed by atoms with Crippen molar-refractivity contribution >= 4 is 34.8 Å². The molecule has 11 heteroatoms. The minimum Gasteiger partial charge on any atom is -0.493 e. The molecular weight excluding hydrogens is 474 g/mol. The third kappa shape index (κ3) is 4.85. The second-order valence-electron chi connectivity index (χ2n) is 10.4. The molecule has 2 aliphatic rings. The van der Waals surface area contributed by atoms with Gasteiger partial charge in [-0.15, -0.1) is 0 Å². The number of amides is 3. The zero-order valence-corrected chi connectivity index (χ0v) is 21.9. The number of fused-ring (bicyclic) bond motifs is 2. The molecule has 0 bridgehead atoms. The first-order valence-electron chi connectivity index (χ1n) is 12.5. The molecule has 1 fully saturated rings. The van der Waals surface area contributed by atoms with Gasteiger partial charge in [0.2, 0.25) is 0 Å². The maximum Gasteiger partial charge on any atom is 0.410 e. The number of rotatable bonds is 3. The average molecular weight is 508 g/mol. The van der Waals surface area contributed by atoms with Crippen LogP contribution in [0.4, 0.5) is 26.8 Å². The number of nitrogens with zero attached hydrogens (tertiary/aromatic N) is 6. The van der Waals surface area contributed by atoms with Crippen LogP contribution in [0.2, 0.25) is 0 Å². The van der Waals surface area contributed by atoms with E-state index < -0.39 is 5.60 Å². The van der Waals surface area contributed by atoms with Crippen molar-refractivity contribution in [2.75, 3.05) is 48.4 Å². The molecule has 5 rings (SSSR count). The Morgan fingerprint density at radius 3 is 2.68 bits per heavy atom. The van der Waals surface area contributed by atoms with Gasteiger partial charge < -0.3 is 24.6 Å². The maximum absolute atomic E-state index is 13.3. The SMILES string of the molecule is COc1cn2nccc2cc1NC(=O)N1CCc2c(N3CCN(C(=O)OC(C)(C)C)[C@H](C)C3)ccnc21. The predicted molar refractivity (Wildman–Crippen MR) is 141 cm³/mol. The van der Waals surface area contributed by atoms with Crippen LogP contribution in [-0.4, -0.2) is 76.6 Å². The fraction of sp³-hybridized carbons (Fsp3) is 0.462. The van der Waals surface area contributed by atoms with E-state index >= 15 is 0 Å². The third-order valence-corrected chi connectivity index (χ3v) is 6.65. The topological polar surface area (TPSA) is 105 Å². The monoisotopic (exact) mass is 507 g/mol. The van der Waals surface area contributed by atoms with Gasteiger partial charge in [-0.05, 0) is 52.3 Å². The Morgan fingerprint density at radius 2 is 1.95 bits per heavy atom. The van der Waals surface area contributed by atoms with Crippen LogP contribution in [0.3, 0.4) is 0 Å². The van der Waals surface area contributed by atoms with Gasteiger partial charge in [-0.3, -0.25) is 4.90 Å². The van der Waals surface area contributed by atoms with Crippen molar-refractivity contribution in [2.24, 2.45) is 0 Å². The second kappa shape index (κ2) is 9.45. The van der Waals surface area contributed by atoms with Gasteiger partial charge in [0, 0.05) is 55.9 Å². The summed E-state index contributed by atoms with van der Waals surface area (Å²) in [6.07, 6.45) is 5.58. The summed E-state index contributed by atoms with van der Waals surface area (Å²) in [5.41, 5.74) is 2.97. The van der Waals surface area contributed by atoms with E-state index in [0.29, 0.717) is 49.9 Å². The number of carbonyl (C=O) groups is 2. The Balaban J connectivity index is 1.32. The number of ether oxygens (including phenoxy) is 2. The minimum atomic E-state index is -0.529. The number of hydrogen-bond acceptors (Lipinski definition) is 7. The number of hydrogen-bond donors (Lipinski definition) is 1. The van der Waals surface area contributed by atoms with E-state index in [-0.39, 0.29) is 18.2 Å². The van der Waals surface area contributed by atoms with E-state index in [9.17, 15) is 9.59 Å². The number of anilines is 3. The Kier molecular flexibility index (Phi) is 6.30. The lowest BCUT2D eigenvalue weighted by Crippen LogP contribution is -2.55. The quantitative estimate of drug-likeness (QED) is 0.575. The van der Waals surface area contributed by atoms with Crippen molar-refractivity contribution in [3.05, 3.63) is 42.4 Å². The Bertz CT molecular complexity index is 1330. The van der Waals surface area contributed by atoms with Gasteiger partial charge in [0.05, 0.1) is 24.5 Å². The fourth-order valence-corrected chi connectivity index (χ4v) is 4.93. The number of piperazine rings is 1. The summed E-state index contributed by atoms with van der Waals surface area (Å²) >= 11 is 0. The van der Waals surface area contributed by atoms with E-state index in [4.69, 9.17) is 9.47 Å². The Labute approximate surface area is 215 Å². The summed E-state index contributed by atoms with van der Waals surface area (Å²) in [6, 6.07) is 5.40. The van der Waals surface area contributed by atoms with Crippen molar-refractivity contribution in [3.8, 4) is 5.75 Å². The molecule has 1 atom stereocenters. The van der Waals surface area contributed by atoms with Gasteiger partial charge in [-0.2, -0.15) is 5.10 Å². The van der Waals surface area contributed by atoms with E-state index in [1.807, 2.05) is 45.9 Å². The molecule has 1 saturated heterocycles. The molecule has 5 heterocycles. The number of carbonyl (C=O) groups excluding carboxylic acids is 2. The van der Waals surface area contributed by atoms with Crippen LogP contribution < -0.4 is 19.9 Å². The van der Waals surface area contributed by atoms with Gasteiger partial charge in [0.25, 0.3) is 0 Å². The lowest BCUT2D eigenvalue weighted by Gasteiger charge is -2.41. The highest BCUT2D eigenvalue weighted by Gasteiger charge is 2.34. The number of nitrogens with one attached hydrogen (secondary N) is 1. The molecule has 0 unspecified atom stereocenters. The highest BCUT2D eigenvalue weighted by Crippen LogP contribution is 2.36. The van der Waals surface area contributed by atoms with Crippen LogP contribution in [0.15, 0.2) is 36.8 Å². The van der Waals surface area contributed by atoms with Crippen LogP contribution >= 0.6 is 0 Å². The summed E-state index contributed by atoms with van der Waals surface area (Å²) < 4.78 is 12.7. The van der Waals surface area contributed by atoms with Crippen molar-refractivity contribution in [3.63, 3.8) is 0 Å². The smallest absolute Gasteiger partial charge is 0.410 e. The number of urea groups is 1. The summed E-state index contributed by atoms with van der Waals surface area (Å²) in [7, 11) is 1.56. The maximum atomic E-state index is 13.3. The predicted octanol–water partition coefficient (Wildman–Crippen LogP) is 3.78. The molecule has 37 heavy (non-hydrogen) atoms. The molecule has 0 saturated carbocycles. The van der Waals surface area contributed by atoms with E-state index in [2.05, 4.69) is 20.3 Å². The first kappa shape index (κ1) is 24.7. The zero-order chi connectivity index (χ0) is 26.3. The molecule has 0 spiro atoms. The average Bonchev–Trinajstić information content (AvgIpc) is 3.48. The van der Waals surface area contributed by atoms with Crippen molar-refractivity contribution in [2.45, 2.75) is 45.8 Å². The normalized spacial score (nSPS) is 17.6. The largest absolute Gasteiger partial charge is 0.493 e. The van der Waals surface area contributed by atoms with Gasteiger partial charge in [-0.1, -0.05) is 0 Å². The van der Waals surface area contributed by atoms with Gasteiger partial charge in [0.1, 0.15) is 11.4 Å². The van der Waals surface area contributed by atoms with Gasteiger partial charge in [-0.25, -0.2) is 19.1 Å². The highest BCUT2D eigenvalue weighted by molar-refractivity contribution is 6.04. The first-order valence-corrected chi connectivity index (χ1v) is 12.5. The molecule has 0 aliphatic carbocycles. The first-order chi connectivity index (χ1) is 17.6. The third-order valence-electron chi connectivity index (χ3n) is 6.65. The molecule has 11 nitrogen and oxygen atoms in total. The standard InChI is InChI=1S/C26H33N7O4/c1-17-15-30(12-13-31(17)25(35)37-26(2,3)4)21-7-9-27-23-19(21)8-11-32(23)24(34)29-20-14-18-6-10-28-33(18)16-22(20)36-5/h6-7,9-10,14,16-17H,8,11-13,15H2,1-5H3,(H,29,34)/t17-/m1/s1. The zero-order valence-electron chi connectivity index (χ0n) is 21.9. The van der Waals surface area contributed by atoms with Crippen LogP contribution in [0, 0.1) is 0 Å². The van der Waals surface area contributed by atoms with Crippen molar-refractivity contribution in [1.82, 2.24) is 19.5 Å². The van der Waals surface area contributed by atoms with Gasteiger partial charge in [0.15, 0.2) is 5.75 Å². The Morgan fingerprint density at radius 1 is 1.14 bits per heavy atom. The molecular formula is C26H33N7O4.